The fourth-order valence-corrected chi connectivity index (χ4v) is 3.18. The highest BCUT2D eigenvalue weighted by Gasteiger charge is 2.31. The molecule has 0 saturated heterocycles. The molecule has 0 aromatic heterocycles. The number of ether oxygens (including phenoxy) is 2. The second kappa shape index (κ2) is 5.77. The van der Waals surface area contributed by atoms with Crippen molar-refractivity contribution in [3.63, 3.8) is 0 Å². The highest BCUT2D eigenvalue weighted by atomic mass is 16.7. The molecule has 4 heteroatoms. The predicted octanol–water partition coefficient (Wildman–Crippen LogP) is 3.42. The van der Waals surface area contributed by atoms with Crippen molar-refractivity contribution in [1.82, 2.24) is 0 Å². The number of carbonyl (C=O) groups is 1. The molecule has 1 atom stereocenters. The van der Waals surface area contributed by atoms with Gasteiger partial charge < -0.3 is 9.47 Å². The molecule has 110 valence electrons. The van der Waals surface area contributed by atoms with Crippen LogP contribution >= 0.6 is 0 Å². The number of carbonyl (C=O) groups excluding carboxylic acids is 1. The van der Waals surface area contributed by atoms with Gasteiger partial charge >= 0.3 is 0 Å². The molecule has 1 fully saturated rings. The second-order valence-electron chi connectivity index (χ2n) is 6.03. The highest BCUT2D eigenvalue weighted by Crippen LogP contribution is 2.37. The Morgan fingerprint density at radius 3 is 2.67 bits per heavy atom. The van der Waals surface area contributed by atoms with E-state index >= 15 is 0 Å². The molecule has 0 amide bonds. The van der Waals surface area contributed by atoms with Crippen LogP contribution in [0.1, 0.15) is 44.1 Å². The van der Waals surface area contributed by atoms with Crippen LogP contribution in [0.4, 0.5) is 0 Å². The van der Waals surface area contributed by atoms with E-state index in [1.807, 2.05) is 0 Å². The number of hydrogen-bond acceptors (Lipinski definition) is 4. The minimum atomic E-state index is -0.696. The zero-order chi connectivity index (χ0) is 14.8. The zero-order valence-corrected chi connectivity index (χ0v) is 12.2. The smallest absolute Gasteiger partial charge is 0.231 e. The average Bonchev–Trinajstić information content (AvgIpc) is 2.96. The Kier molecular flexibility index (Phi) is 3.83. The van der Waals surface area contributed by atoms with E-state index in [0.717, 1.165) is 25.7 Å². The number of ketones is 1. The summed E-state index contributed by atoms with van der Waals surface area (Å²) in [7, 11) is 0. The van der Waals surface area contributed by atoms with E-state index in [1.54, 1.807) is 18.2 Å². The van der Waals surface area contributed by atoms with Crippen molar-refractivity contribution in [2.45, 2.75) is 38.5 Å². The van der Waals surface area contributed by atoms with Crippen molar-refractivity contribution in [3.8, 4) is 17.6 Å². The van der Waals surface area contributed by atoms with E-state index in [0.29, 0.717) is 23.0 Å². The van der Waals surface area contributed by atoms with Crippen molar-refractivity contribution < 1.29 is 14.3 Å². The summed E-state index contributed by atoms with van der Waals surface area (Å²) >= 11 is 0. The quantitative estimate of drug-likeness (QED) is 0.853. The van der Waals surface area contributed by atoms with Crippen LogP contribution in [0, 0.1) is 23.2 Å². The average molecular weight is 285 g/mol. The number of benzene rings is 1. The molecule has 1 aromatic carbocycles. The van der Waals surface area contributed by atoms with E-state index in [2.05, 4.69) is 13.0 Å². The monoisotopic (exact) mass is 285 g/mol. The number of Topliss-reactive ketones (excluding diaryl/α,β-unsaturated/α-hetero) is 1. The van der Waals surface area contributed by atoms with Crippen LogP contribution in [-0.4, -0.2) is 12.6 Å². The molecule has 1 aliphatic heterocycles. The molecule has 1 aromatic rings. The zero-order valence-electron chi connectivity index (χ0n) is 12.2. The third-order valence-corrected chi connectivity index (χ3v) is 4.56. The Hall–Kier alpha value is -2.02. The molecule has 1 aliphatic carbocycles. The summed E-state index contributed by atoms with van der Waals surface area (Å²) in [5.74, 6) is 1.38. The number of rotatable bonds is 3. The van der Waals surface area contributed by atoms with Gasteiger partial charge in [-0.05, 0) is 36.5 Å². The maximum atomic E-state index is 12.6. The molecule has 0 N–H and O–H groups in total. The molecule has 4 nitrogen and oxygen atoms in total. The van der Waals surface area contributed by atoms with Crippen LogP contribution in [0.2, 0.25) is 0 Å². The summed E-state index contributed by atoms with van der Waals surface area (Å²) in [6.07, 6.45) is 3.97. The number of nitriles is 1. The van der Waals surface area contributed by atoms with Gasteiger partial charge in [-0.1, -0.05) is 25.8 Å². The standard InChI is InChI=1S/C17H19NO3/c1-11-2-4-12(5-3-11)17(19)14(9-18)13-6-7-15-16(8-13)21-10-20-15/h6-8,11-12,14H,2-5,10H2,1H3. The van der Waals surface area contributed by atoms with E-state index < -0.39 is 5.92 Å². The first-order chi connectivity index (χ1) is 10.2. The van der Waals surface area contributed by atoms with Crippen LogP contribution in [0.3, 0.4) is 0 Å². The molecule has 2 aliphatic rings. The topological polar surface area (TPSA) is 59.3 Å². The van der Waals surface area contributed by atoms with Crippen molar-refractivity contribution in [3.05, 3.63) is 23.8 Å². The Labute approximate surface area is 124 Å². The maximum absolute atomic E-state index is 12.6. The van der Waals surface area contributed by atoms with Gasteiger partial charge in [0, 0.05) is 5.92 Å². The van der Waals surface area contributed by atoms with Crippen molar-refractivity contribution in [2.24, 2.45) is 11.8 Å². The lowest BCUT2D eigenvalue weighted by molar-refractivity contribution is -0.124. The molecule has 21 heavy (non-hydrogen) atoms. The van der Waals surface area contributed by atoms with Gasteiger partial charge in [-0.15, -0.1) is 0 Å². The molecule has 1 saturated carbocycles. The number of fused-ring (bicyclic) bond motifs is 1. The lowest BCUT2D eigenvalue weighted by atomic mass is 9.77. The van der Waals surface area contributed by atoms with E-state index in [1.165, 1.54) is 0 Å². The summed E-state index contributed by atoms with van der Waals surface area (Å²) in [6.45, 7) is 2.42. The molecule has 0 spiro atoms. The van der Waals surface area contributed by atoms with Gasteiger partial charge in [-0.25, -0.2) is 0 Å². The molecule has 1 unspecified atom stereocenters. The second-order valence-corrected chi connectivity index (χ2v) is 6.03. The van der Waals surface area contributed by atoms with Gasteiger partial charge in [0.25, 0.3) is 0 Å². The first kappa shape index (κ1) is 13.9. The summed E-state index contributed by atoms with van der Waals surface area (Å²) in [5, 5.41) is 9.44. The highest BCUT2D eigenvalue weighted by molar-refractivity contribution is 5.90. The first-order valence-corrected chi connectivity index (χ1v) is 7.52. The van der Waals surface area contributed by atoms with Crippen LogP contribution in [0.5, 0.6) is 11.5 Å². The first-order valence-electron chi connectivity index (χ1n) is 7.52. The maximum Gasteiger partial charge on any atom is 0.231 e. The summed E-state index contributed by atoms with van der Waals surface area (Å²) in [4.78, 5) is 12.6. The van der Waals surface area contributed by atoms with Gasteiger partial charge in [-0.2, -0.15) is 5.26 Å². The largest absolute Gasteiger partial charge is 0.454 e. The van der Waals surface area contributed by atoms with Crippen LogP contribution in [0.25, 0.3) is 0 Å². The molecule has 3 rings (SSSR count). The van der Waals surface area contributed by atoms with Crippen molar-refractivity contribution >= 4 is 5.78 Å². The van der Waals surface area contributed by atoms with Crippen LogP contribution in [-0.2, 0) is 4.79 Å². The van der Waals surface area contributed by atoms with Gasteiger partial charge in [-0.3, -0.25) is 4.79 Å². The summed E-state index contributed by atoms with van der Waals surface area (Å²) < 4.78 is 10.6. The minimum absolute atomic E-state index is 0.0243. The van der Waals surface area contributed by atoms with E-state index in [-0.39, 0.29) is 18.5 Å². The third kappa shape index (κ3) is 2.73. The molecular weight excluding hydrogens is 266 g/mol. The molecular formula is C17H19NO3. The van der Waals surface area contributed by atoms with Gasteiger partial charge in [0.15, 0.2) is 17.3 Å². The van der Waals surface area contributed by atoms with Crippen molar-refractivity contribution in [1.29, 1.82) is 5.26 Å². The SMILES string of the molecule is CC1CCC(C(=O)C(C#N)c2ccc3c(c2)OCO3)CC1. The summed E-state index contributed by atoms with van der Waals surface area (Å²) in [6, 6.07) is 7.51. The van der Waals surface area contributed by atoms with Crippen LogP contribution < -0.4 is 9.47 Å². The predicted molar refractivity (Wildman–Crippen MR) is 77.0 cm³/mol. The van der Waals surface area contributed by atoms with Gasteiger partial charge in [0.2, 0.25) is 6.79 Å². The normalized spacial score (nSPS) is 25.1. The number of nitrogens with zero attached hydrogens (tertiary/aromatic N) is 1. The van der Waals surface area contributed by atoms with Crippen molar-refractivity contribution in [2.75, 3.05) is 6.79 Å². The van der Waals surface area contributed by atoms with Crippen LogP contribution in [0.15, 0.2) is 18.2 Å². The minimum Gasteiger partial charge on any atom is -0.454 e. The third-order valence-electron chi connectivity index (χ3n) is 4.56. The fraction of sp³-hybridized carbons (Fsp3) is 0.529. The molecule has 0 radical (unpaired) electrons. The fourth-order valence-electron chi connectivity index (χ4n) is 3.18. The lowest BCUT2D eigenvalue weighted by Gasteiger charge is -2.26. The Balaban J connectivity index is 1.78. The molecule has 1 heterocycles. The Morgan fingerprint density at radius 2 is 1.95 bits per heavy atom. The Bertz CT molecular complexity index is 582. The van der Waals surface area contributed by atoms with E-state index in [9.17, 15) is 10.1 Å². The van der Waals surface area contributed by atoms with E-state index in [4.69, 9.17) is 9.47 Å². The molecule has 0 bridgehead atoms. The Morgan fingerprint density at radius 1 is 1.24 bits per heavy atom. The summed E-state index contributed by atoms with van der Waals surface area (Å²) in [5.41, 5.74) is 0.713. The lowest BCUT2D eigenvalue weighted by Crippen LogP contribution is -2.25. The van der Waals surface area contributed by atoms with Gasteiger partial charge in [0.1, 0.15) is 5.92 Å². The number of hydrogen-bond donors (Lipinski definition) is 0. The van der Waals surface area contributed by atoms with Gasteiger partial charge in [0.05, 0.1) is 6.07 Å².